The average Bonchev–Trinajstić information content (AvgIpc) is 2.63. The fourth-order valence-corrected chi connectivity index (χ4v) is 2.80. The number of hydrogen-bond donors (Lipinski definition) is 2. The maximum atomic E-state index is 4.46. The SMILES string of the molecule is CN(C)CCNc1nncc(Nc2ccc(N3CCN(C)CC3)cc2)n1. The first-order chi connectivity index (χ1) is 12.6. The Bertz CT molecular complexity index is 680. The molecular weight excluding hydrogens is 328 g/mol. The van der Waals surface area contributed by atoms with Gasteiger partial charge < -0.3 is 25.3 Å². The maximum Gasteiger partial charge on any atom is 0.244 e. The third kappa shape index (κ3) is 5.27. The molecule has 1 fully saturated rings. The van der Waals surface area contributed by atoms with E-state index in [-0.39, 0.29) is 0 Å². The van der Waals surface area contributed by atoms with E-state index < -0.39 is 0 Å². The van der Waals surface area contributed by atoms with Crippen LogP contribution in [0.25, 0.3) is 0 Å². The first-order valence-corrected chi connectivity index (χ1v) is 8.99. The van der Waals surface area contributed by atoms with E-state index in [9.17, 15) is 0 Å². The largest absolute Gasteiger partial charge is 0.369 e. The van der Waals surface area contributed by atoms with E-state index >= 15 is 0 Å². The number of hydrogen-bond acceptors (Lipinski definition) is 8. The molecule has 0 atom stereocenters. The Hall–Kier alpha value is -2.45. The number of likely N-dealkylation sites (N-methyl/N-ethyl adjacent to an activating group) is 2. The van der Waals surface area contributed by atoms with E-state index in [1.165, 1.54) is 5.69 Å². The Morgan fingerprint density at radius 1 is 1.08 bits per heavy atom. The fourth-order valence-electron chi connectivity index (χ4n) is 2.80. The second kappa shape index (κ2) is 8.77. The summed E-state index contributed by atoms with van der Waals surface area (Å²) in [4.78, 5) is 11.3. The molecule has 1 aromatic heterocycles. The predicted octanol–water partition coefficient (Wildman–Crippen LogP) is 1.34. The van der Waals surface area contributed by atoms with Gasteiger partial charge in [0.15, 0.2) is 5.82 Å². The van der Waals surface area contributed by atoms with Gasteiger partial charge >= 0.3 is 0 Å². The van der Waals surface area contributed by atoms with Crippen molar-refractivity contribution in [2.24, 2.45) is 0 Å². The fraction of sp³-hybridized carbons (Fsp3) is 0.500. The first-order valence-electron chi connectivity index (χ1n) is 8.99. The molecule has 0 spiro atoms. The van der Waals surface area contributed by atoms with Gasteiger partial charge in [-0.05, 0) is 45.4 Å². The van der Waals surface area contributed by atoms with Gasteiger partial charge in [0, 0.05) is 50.6 Å². The molecule has 1 saturated heterocycles. The molecule has 26 heavy (non-hydrogen) atoms. The molecule has 0 aliphatic carbocycles. The van der Waals surface area contributed by atoms with Gasteiger partial charge in [0.05, 0.1) is 6.20 Å². The Labute approximate surface area is 155 Å². The van der Waals surface area contributed by atoms with Gasteiger partial charge in [0.1, 0.15) is 0 Å². The molecule has 0 unspecified atom stereocenters. The monoisotopic (exact) mass is 356 g/mol. The lowest BCUT2D eigenvalue weighted by Crippen LogP contribution is -2.44. The zero-order valence-electron chi connectivity index (χ0n) is 15.8. The summed E-state index contributed by atoms with van der Waals surface area (Å²) >= 11 is 0. The second-order valence-electron chi connectivity index (χ2n) is 6.86. The summed E-state index contributed by atoms with van der Waals surface area (Å²) in [5, 5.41) is 14.5. The smallest absolute Gasteiger partial charge is 0.244 e. The zero-order valence-corrected chi connectivity index (χ0v) is 15.8. The van der Waals surface area contributed by atoms with Crippen LogP contribution in [-0.4, -0.2) is 85.4 Å². The van der Waals surface area contributed by atoms with Crippen LogP contribution in [0, 0.1) is 0 Å². The molecule has 0 saturated carbocycles. The van der Waals surface area contributed by atoms with Gasteiger partial charge in [0.25, 0.3) is 0 Å². The molecule has 0 amide bonds. The van der Waals surface area contributed by atoms with Crippen molar-refractivity contribution in [2.75, 3.05) is 75.9 Å². The summed E-state index contributed by atoms with van der Waals surface area (Å²) in [5.41, 5.74) is 2.25. The van der Waals surface area contributed by atoms with Crippen LogP contribution in [0.2, 0.25) is 0 Å². The highest BCUT2D eigenvalue weighted by Gasteiger charge is 2.14. The highest BCUT2D eigenvalue weighted by atomic mass is 15.3. The number of benzene rings is 1. The molecule has 2 heterocycles. The number of nitrogens with zero attached hydrogens (tertiary/aromatic N) is 6. The maximum absolute atomic E-state index is 4.46. The predicted molar refractivity (Wildman–Crippen MR) is 106 cm³/mol. The van der Waals surface area contributed by atoms with E-state index in [2.05, 4.69) is 71.8 Å². The molecule has 2 aromatic rings. The quantitative estimate of drug-likeness (QED) is 0.770. The Balaban J connectivity index is 1.57. The lowest BCUT2D eigenvalue weighted by atomic mass is 10.2. The molecule has 1 aliphatic heterocycles. The van der Waals surface area contributed by atoms with E-state index in [0.29, 0.717) is 11.8 Å². The van der Waals surface area contributed by atoms with E-state index in [4.69, 9.17) is 0 Å². The molecule has 0 bridgehead atoms. The average molecular weight is 356 g/mol. The minimum absolute atomic E-state index is 0.533. The van der Waals surface area contributed by atoms with Crippen molar-refractivity contribution in [2.45, 2.75) is 0 Å². The topological polar surface area (TPSA) is 72.5 Å². The van der Waals surface area contributed by atoms with Gasteiger partial charge in [-0.15, -0.1) is 5.10 Å². The molecule has 3 rings (SSSR count). The van der Waals surface area contributed by atoms with Gasteiger partial charge in [-0.25, -0.2) is 0 Å². The van der Waals surface area contributed by atoms with Crippen LogP contribution < -0.4 is 15.5 Å². The third-order valence-electron chi connectivity index (χ3n) is 4.41. The van der Waals surface area contributed by atoms with Gasteiger partial charge in [-0.3, -0.25) is 0 Å². The molecule has 2 N–H and O–H groups in total. The Kier molecular flexibility index (Phi) is 6.19. The summed E-state index contributed by atoms with van der Waals surface area (Å²) in [6.45, 7) is 6.04. The van der Waals surface area contributed by atoms with Crippen LogP contribution >= 0.6 is 0 Å². The first kappa shape index (κ1) is 18.3. The number of rotatable bonds is 7. The van der Waals surface area contributed by atoms with Gasteiger partial charge in [-0.1, -0.05) is 0 Å². The second-order valence-corrected chi connectivity index (χ2v) is 6.86. The molecule has 140 valence electrons. The van der Waals surface area contributed by atoms with Crippen molar-refractivity contribution in [1.82, 2.24) is 25.0 Å². The van der Waals surface area contributed by atoms with E-state index in [1.807, 2.05) is 14.1 Å². The number of aromatic nitrogens is 3. The van der Waals surface area contributed by atoms with Crippen molar-refractivity contribution < 1.29 is 0 Å². The molecule has 8 heteroatoms. The number of piperazine rings is 1. The van der Waals surface area contributed by atoms with Crippen LogP contribution in [0.15, 0.2) is 30.5 Å². The van der Waals surface area contributed by atoms with Crippen molar-refractivity contribution in [3.05, 3.63) is 30.5 Å². The lowest BCUT2D eigenvalue weighted by Gasteiger charge is -2.34. The van der Waals surface area contributed by atoms with Crippen LogP contribution in [0.5, 0.6) is 0 Å². The van der Waals surface area contributed by atoms with E-state index in [0.717, 1.165) is 45.0 Å². The normalized spacial score (nSPS) is 15.3. The summed E-state index contributed by atoms with van der Waals surface area (Å²) in [7, 11) is 6.24. The van der Waals surface area contributed by atoms with Gasteiger partial charge in [-0.2, -0.15) is 10.1 Å². The highest BCUT2D eigenvalue weighted by molar-refractivity contribution is 5.61. The van der Waals surface area contributed by atoms with Crippen LogP contribution in [0.4, 0.5) is 23.1 Å². The number of anilines is 4. The van der Waals surface area contributed by atoms with Crippen LogP contribution in [0.3, 0.4) is 0 Å². The minimum Gasteiger partial charge on any atom is -0.369 e. The van der Waals surface area contributed by atoms with Crippen molar-refractivity contribution >= 4 is 23.1 Å². The van der Waals surface area contributed by atoms with Gasteiger partial charge in [0.2, 0.25) is 5.95 Å². The molecular formula is C18H28N8. The summed E-state index contributed by atoms with van der Waals surface area (Å²) in [6.07, 6.45) is 1.63. The zero-order chi connectivity index (χ0) is 18.4. The van der Waals surface area contributed by atoms with Crippen molar-refractivity contribution in [3.63, 3.8) is 0 Å². The third-order valence-corrected chi connectivity index (χ3v) is 4.41. The summed E-state index contributed by atoms with van der Waals surface area (Å²) in [6, 6.07) is 8.46. The van der Waals surface area contributed by atoms with Crippen molar-refractivity contribution in [1.29, 1.82) is 0 Å². The Morgan fingerprint density at radius 2 is 1.81 bits per heavy atom. The lowest BCUT2D eigenvalue weighted by molar-refractivity contribution is 0.313. The molecule has 1 aromatic carbocycles. The highest BCUT2D eigenvalue weighted by Crippen LogP contribution is 2.21. The Morgan fingerprint density at radius 3 is 2.50 bits per heavy atom. The minimum atomic E-state index is 0.533. The van der Waals surface area contributed by atoms with Crippen LogP contribution in [0.1, 0.15) is 0 Å². The van der Waals surface area contributed by atoms with E-state index in [1.54, 1.807) is 6.20 Å². The summed E-state index contributed by atoms with van der Waals surface area (Å²) < 4.78 is 0. The van der Waals surface area contributed by atoms with Crippen LogP contribution in [-0.2, 0) is 0 Å². The van der Waals surface area contributed by atoms with Crippen molar-refractivity contribution in [3.8, 4) is 0 Å². The number of nitrogens with one attached hydrogen (secondary N) is 2. The molecule has 1 aliphatic rings. The molecule has 0 radical (unpaired) electrons. The molecule has 8 nitrogen and oxygen atoms in total. The summed E-state index contributed by atoms with van der Waals surface area (Å²) in [5.74, 6) is 1.21. The standard InChI is InChI=1S/C18H28N8/c1-24(2)9-8-19-18-22-17(14-20-23-18)21-15-4-6-16(7-5-15)26-12-10-25(3)11-13-26/h4-7,14H,8-13H2,1-3H3,(H2,19,21,22,23).